The second kappa shape index (κ2) is 8.81. The Morgan fingerprint density at radius 2 is 1.69 bits per heavy atom. The van der Waals surface area contributed by atoms with Gasteiger partial charge in [0.15, 0.2) is 0 Å². The number of alkyl carbamates (subject to hydrolysis) is 1. The van der Waals surface area contributed by atoms with E-state index >= 15 is 0 Å². The van der Waals surface area contributed by atoms with Gasteiger partial charge in [0, 0.05) is 45.3 Å². The molecule has 0 bridgehead atoms. The predicted molar refractivity (Wildman–Crippen MR) is 97.7 cm³/mol. The summed E-state index contributed by atoms with van der Waals surface area (Å²) >= 11 is 0. The number of piperazine rings is 1. The third-order valence-corrected chi connectivity index (χ3v) is 6.75. The molecule has 26 heavy (non-hydrogen) atoms. The minimum atomic E-state index is -3.40. The van der Waals surface area contributed by atoms with Gasteiger partial charge in [0.05, 0.1) is 0 Å². The summed E-state index contributed by atoms with van der Waals surface area (Å²) in [5, 5.41) is 5.99. The van der Waals surface area contributed by atoms with E-state index in [2.05, 4.69) is 10.6 Å². The van der Waals surface area contributed by atoms with E-state index in [4.69, 9.17) is 4.74 Å². The topological polar surface area (TPSA) is 91.0 Å². The van der Waals surface area contributed by atoms with Crippen molar-refractivity contribution < 1.29 is 17.9 Å². The number of ether oxygens (including phenoxy) is 1. The maximum Gasteiger partial charge on any atom is 0.407 e. The van der Waals surface area contributed by atoms with E-state index in [1.165, 1.54) is 8.61 Å². The van der Waals surface area contributed by atoms with Crippen LogP contribution < -0.4 is 10.6 Å². The fraction of sp³-hybridized carbons (Fsp3) is 0.588. The number of hydrogen-bond acceptors (Lipinski definition) is 5. The molecule has 2 heterocycles. The minimum absolute atomic E-state index is 0.0623. The number of carbonyl (C=O) groups is 1. The molecule has 3 rings (SSSR count). The molecule has 0 spiro atoms. The maximum atomic E-state index is 12.6. The zero-order chi connectivity index (χ0) is 18.4. The van der Waals surface area contributed by atoms with Gasteiger partial charge >= 0.3 is 6.09 Å². The highest BCUT2D eigenvalue weighted by Gasteiger charge is 2.33. The highest BCUT2D eigenvalue weighted by Crippen LogP contribution is 2.17. The van der Waals surface area contributed by atoms with Crippen molar-refractivity contribution in [1.82, 2.24) is 19.2 Å². The van der Waals surface area contributed by atoms with Gasteiger partial charge in [-0.05, 0) is 18.4 Å². The first-order valence-electron chi connectivity index (χ1n) is 8.99. The van der Waals surface area contributed by atoms with Gasteiger partial charge in [-0.3, -0.25) is 0 Å². The lowest BCUT2D eigenvalue weighted by Gasteiger charge is -2.36. The largest absolute Gasteiger partial charge is 0.445 e. The standard InChI is InChI=1S/C17H26N4O4S/c22-17(25-14-15-4-2-1-3-5-15)19-16-6-10-20(11-7-16)26(23,24)21-12-8-18-9-13-21/h1-5,16,18H,6-14H2,(H,19,22). The van der Waals surface area contributed by atoms with Crippen LogP contribution in [0.15, 0.2) is 30.3 Å². The van der Waals surface area contributed by atoms with Gasteiger partial charge in [0.2, 0.25) is 0 Å². The van der Waals surface area contributed by atoms with Gasteiger partial charge in [-0.2, -0.15) is 17.0 Å². The average molecular weight is 382 g/mol. The van der Waals surface area contributed by atoms with Gasteiger partial charge in [0.1, 0.15) is 6.61 Å². The van der Waals surface area contributed by atoms with Crippen LogP contribution in [-0.2, 0) is 21.6 Å². The molecular weight excluding hydrogens is 356 g/mol. The first-order valence-corrected chi connectivity index (χ1v) is 10.4. The van der Waals surface area contributed by atoms with E-state index in [-0.39, 0.29) is 12.6 Å². The van der Waals surface area contributed by atoms with E-state index in [1.54, 1.807) is 0 Å². The van der Waals surface area contributed by atoms with E-state index in [1.807, 2.05) is 30.3 Å². The Hall–Kier alpha value is -1.68. The third-order valence-electron chi connectivity index (χ3n) is 4.72. The fourth-order valence-electron chi connectivity index (χ4n) is 3.20. The Balaban J connectivity index is 1.42. The van der Waals surface area contributed by atoms with Crippen LogP contribution in [-0.4, -0.2) is 68.4 Å². The monoisotopic (exact) mass is 382 g/mol. The molecule has 8 nitrogen and oxygen atoms in total. The van der Waals surface area contributed by atoms with Crippen LogP contribution >= 0.6 is 0 Å². The van der Waals surface area contributed by atoms with Crippen molar-refractivity contribution in [2.45, 2.75) is 25.5 Å². The number of piperidine rings is 1. The van der Waals surface area contributed by atoms with Gasteiger partial charge in [-0.15, -0.1) is 0 Å². The predicted octanol–water partition coefficient (Wildman–Crippen LogP) is 0.527. The quantitative estimate of drug-likeness (QED) is 0.775. The number of hydrogen-bond donors (Lipinski definition) is 2. The SMILES string of the molecule is O=C(NC1CCN(S(=O)(=O)N2CCNCC2)CC1)OCc1ccccc1. The van der Waals surface area contributed by atoms with Crippen molar-refractivity contribution in [3.63, 3.8) is 0 Å². The van der Waals surface area contributed by atoms with Gasteiger partial charge in [0.25, 0.3) is 10.2 Å². The van der Waals surface area contributed by atoms with E-state index < -0.39 is 16.3 Å². The number of nitrogens with zero attached hydrogens (tertiary/aromatic N) is 2. The molecule has 2 saturated heterocycles. The Kier molecular flexibility index (Phi) is 6.47. The first kappa shape index (κ1) is 19.1. The second-order valence-electron chi connectivity index (χ2n) is 6.54. The molecule has 1 amide bonds. The van der Waals surface area contributed by atoms with Crippen LogP contribution in [0.4, 0.5) is 4.79 Å². The van der Waals surface area contributed by atoms with Crippen molar-refractivity contribution >= 4 is 16.3 Å². The molecule has 0 aromatic heterocycles. The highest BCUT2D eigenvalue weighted by molar-refractivity contribution is 7.86. The van der Waals surface area contributed by atoms with Gasteiger partial charge < -0.3 is 15.4 Å². The number of nitrogens with one attached hydrogen (secondary N) is 2. The first-order chi connectivity index (χ1) is 12.6. The molecule has 0 saturated carbocycles. The average Bonchev–Trinajstić information content (AvgIpc) is 2.68. The Bertz CT molecular complexity index is 684. The summed E-state index contributed by atoms with van der Waals surface area (Å²) in [4.78, 5) is 11.9. The molecule has 2 N–H and O–H groups in total. The van der Waals surface area contributed by atoms with Crippen molar-refractivity contribution in [2.75, 3.05) is 39.3 Å². The molecule has 0 aliphatic carbocycles. The molecule has 0 radical (unpaired) electrons. The molecule has 0 atom stereocenters. The van der Waals surface area contributed by atoms with E-state index in [0.717, 1.165) is 5.56 Å². The normalized spacial score (nSPS) is 20.6. The molecule has 1 aromatic carbocycles. The number of carbonyl (C=O) groups excluding carboxylic acids is 1. The zero-order valence-electron chi connectivity index (χ0n) is 14.8. The summed E-state index contributed by atoms with van der Waals surface area (Å²) in [6.45, 7) is 3.43. The lowest BCUT2D eigenvalue weighted by molar-refractivity contribution is 0.131. The molecule has 1 aromatic rings. The summed E-state index contributed by atoms with van der Waals surface area (Å²) in [5.41, 5.74) is 0.930. The fourth-order valence-corrected chi connectivity index (χ4v) is 4.84. The maximum absolute atomic E-state index is 12.6. The van der Waals surface area contributed by atoms with Crippen molar-refractivity contribution in [3.05, 3.63) is 35.9 Å². The van der Waals surface area contributed by atoms with Crippen LogP contribution in [0.5, 0.6) is 0 Å². The van der Waals surface area contributed by atoms with Crippen molar-refractivity contribution in [1.29, 1.82) is 0 Å². The molecule has 0 unspecified atom stereocenters. The van der Waals surface area contributed by atoms with Crippen LogP contribution in [0.1, 0.15) is 18.4 Å². The molecule has 144 valence electrons. The lowest BCUT2D eigenvalue weighted by atomic mass is 10.1. The molecular formula is C17H26N4O4S. The second-order valence-corrected chi connectivity index (χ2v) is 8.46. The Morgan fingerprint density at radius 3 is 2.35 bits per heavy atom. The van der Waals surface area contributed by atoms with Crippen LogP contribution in [0.2, 0.25) is 0 Å². The summed E-state index contributed by atoms with van der Waals surface area (Å²) in [5.74, 6) is 0. The lowest BCUT2D eigenvalue weighted by Crippen LogP contribution is -2.54. The minimum Gasteiger partial charge on any atom is -0.445 e. The number of benzene rings is 1. The molecule has 2 fully saturated rings. The summed E-state index contributed by atoms with van der Waals surface area (Å²) < 4.78 is 33.6. The van der Waals surface area contributed by atoms with Crippen molar-refractivity contribution in [3.8, 4) is 0 Å². The van der Waals surface area contributed by atoms with Crippen LogP contribution in [0.3, 0.4) is 0 Å². The Labute approximate surface area is 154 Å². The summed E-state index contributed by atoms with van der Waals surface area (Å²) in [6, 6.07) is 9.43. The van der Waals surface area contributed by atoms with Crippen LogP contribution in [0, 0.1) is 0 Å². The van der Waals surface area contributed by atoms with Gasteiger partial charge in [-0.1, -0.05) is 30.3 Å². The molecule has 9 heteroatoms. The van der Waals surface area contributed by atoms with E-state index in [0.29, 0.717) is 52.1 Å². The smallest absolute Gasteiger partial charge is 0.407 e. The molecule has 2 aliphatic rings. The van der Waals surface area contributed by atoms with Gasteiger partial charge in [-0.25, -0.2) is 4.79 Å². The highest BCUT2D eigenvalue weighted by atomic mass is 32.2. The van der Waals surface area contributed by atoms with E-state index in [9.17, 15) is 13.2 Å². The number of amides is 1. The van der Waals surface area contributed by atoms with Crippen molar-refractivity contribution in [2.24, 2.45) is 0 Å². The van der Waals surface area contributed by atoms with Crippen LogP contribution in [0.25, 0.3) is 0 Å². The zero-order valence-corrected chi connectivity index (χ0v) is 15.6. The third kappa shape index (κ3) is 4.94. The Morgan fingerprint density at radius 1 is 1.08 bits per heavy atom. The summed E-state index contributed by atoms with van der Waals surface area (Å²) in [6.07, 6.45) is 0.717. The molecule has 2 aliphatic heterocycles. The number of rotatable bonds is 5. The summed E-state index contributed by atoms with van der Waals surface area (Å²) in [7, 11) is -3.40.